The smallest absolute Gasteiger partial charge is 0.431 e. The maximum absolute atomic E-state index is 11.8. The second-order valence-corrected chi connectivity index (χ2v) is 6.76. The van der Waals surface area contributed by atoms with Gasteiger partial charge in [0, 0.05) is 6.42 Å². The lowest BCUT2D eigenvalue weighted by Gasteiger charge is -2.24. The van der Waals surface area contributed by atoms with Crippen LogP contribution in [-0.4, -0.2) is 75.2 Å². The largest absolute Gasteiger partial charge is 0.508 e. The molecule has 2 aliphatic rings. The third-order valence-electron chi connectivity index (χ3n) is 5.00. The standard InChI is InChI=1S/C17H19N5O7/c18-7-17(12-2-1-10-15(19)20-8-21-22(10)12)14(24)13(23)11(29-17)6-27-16(25)28-9-3-4-26-5-9/h1-2,8-9,11,13-14,23-24H,3-6H2,(H2,19,20,21)/t9?,11-,13-,14-,17+/m1/s1. The van der Waals surface area contributed by atoms with E-state index in [9.17, 15) is 20.3 Å². The Balaban J connectivity index is 1.52. The Morgan fingerprint density at radius 3 is 3.03 bits per heavy atom. The topological polar surface area (TPSA) is 174 Å². The summed E-state index contributed by atoms with van der Waals surface area (Å²) in [5.41, 5.74) is 4.41. The Bertz CT molecular complexity index is 953. The monoisotopic (exact) mass is 405 g/mol. The number of nitrogens with two attached hydrogens (primary N) is 1. The quantitative estimate of drug-likeness (QED) is 0.537. The zero-order chi connectivity index (χ0) is 20.6. The highest BCUT2D eigenvalue weighted by atomic mass is 16.7. The maximum Gasteiger partial charge on any atom is 0.508 e. The molecule has 2 saturated heterocycles. The molecule has 2 aromatic heterocycles. The predicted molar refractivity (Wildman–Crippen MR) is 93.2 cm³/mol. The second kappa shape index (κ2) is 7.45. The zero-order valence-electron chi connectivity index (χ0n) is 15.2. The van der Waals surface area contributed by atoms with Crippen LogP contribution < -0.4 is 5.73 Å². The summed E-state index contributed by atoms with van der Waals surface area (Å²) in [4.78, 5) is 15.7. The third-order valence-corrected chi connectivity index (χ3v) is 5.00. The number of nitrogens with zero attached hydrogens (tertiary/aromatic N) is 4. The number of hydrogen-bond acceptors (Lipinski definition) is 11. The third kappa shape index (κ3) is 3.23. The van der Waals surface area contributed by atoms with Crippen molar-refractivity contribution in [1.82, 2.24) is 14.6 Å². The molecule has 0 amide bonds. The first-order valence-corrected chi connectivity index (χ1v) is 8.91. The highest BCUT2D eigenvalue weighted by molar-refractivity contribution is 5.66. The Hall–Kier alpha value is -2.98. The van der Waals surface area contributed by atoms with E-state index in [0.29, 0.717) is 25.2 Å². The van der Waals surface area contributed by atoms with E-state index < -0.39 is 42.8 Å². The van der Waals surface area contributed by atoms with E-state index in [1.807, 2.05) is 6.07 Å². The van der Waals surface area contributed by atoms with Gasteiger partial charge in [-0.2, -0.15) is 10.4 Å². The molecule has 4 N–H and O–H groups in total. The molecule has 0 saturated carbocycles. The van der Waals surface area contributed by atoms with Crippen LogP contribution in [0, 0.1) is 11.3 Å². The zero-order valence-corrected chi connectivity index (χ0v) is 15.2. The first-order chi connectivity index (χ1) is 14.0. The Kier molecular flexibility index (Phi) is 4.97. The van der Waals surface area contributed by atoms with E-state index in [2.05, 4.69) is 10.1 Å². The van der Waals surface area contributed by atoms with E-state index in [-0.39, 0.29) is 11.5 Å². The van der Waals surface area contributed by atoms with Crippen molar-refractivity contribution < 1.29 is 34.0 Å². The summed E-state index contributed by atoms with van der Waals surface area (Å²) in [6.45, 7) is 0.368. The minimum Gasteiger partial charge on any atom is -0.431 e. The Morgan fingerprint density at radius 2 is 2.31 bits per heavy atom. The van der Waals surface area contributed by atoms with Crippen molar-refractivity contribution in [2.24, 2.45) is 0 Å². The fraction of sp³-hybridized carbons (Fsp3) is 0.529. The fourth-order valence-electron chi connectivity index (χ4n) is 3.48. The van der Waals surface area contributed by atoms with Crippen LogP contribution >= 0.6 is 0 Å². The molecule has 0 radical (unpaired) electrons. The summed E-state index contributed by atoms with van der Waals surface area (Å²) in [6, 6.07) is 4.97. The molecular weight excluding hydrogens is 386 g/mol. The van der Waals surface area contributed by atoms with Crippen molar-refractivity contribution in [2.45, 2.75) is 36.4 Å². The summed E-state index contributed by atoms with van der Waals surface area (Å²) >= 11 is 0. The average molecular weight is 405 g/mol. The van der Waals surface area contributed by atoms with Gasteiger partial charge in [-0.25, -0.2) is 14.3 Å². The van der Waals surface area contributed by atoms with Gasteiger partial charge in [-0.3, -0.25) is 0 Å². The predicted octanol–water partition coefficient (Wildman–Crippen LogP) is -0.907. The number of fused-ring (bicyclic) bond motifs is 1. The normalized spacial score (nSPS) is 31.6. The van der Waals surface area contributed by atoms with Gasteiger partial charge in [-0.15, -0.1) is 0 Å². The van der Waals surface area contributed by atoms with Gasteiger partial charge < -0.3 is 34.9 Å². The molecular formula is C17H19N5O7. The number of nitriles is 1. The lowest BCUT2D eigenvalue weighted by Crippen LogP contribution is -2.41. The number of hydrogen-bond donors (Lipinski definition) is 3. The van der Waals surface area contributed by atoms with Crippen molar-refractivity contribution in [3.8, 4) is 6.07 Å². The van der Waals surface area contributed by atoms with Gasteiger partial charge in [0.2, 0.25) is 5.60 Å². The van der Waals surface area contributed by atoms with E-state index in [0.717, 1.165) is 0 Å². The van der Waals surface area contributed by atoms with Gasteiger partial charge >= 0.3 is 6.16 Å². The molecule has 0 aliphatic carbocycles. The molecule has 2 fully saturated rings. The number of ether oxygens (including phenoxy) is 4. The van der Waals surface area contributed by atoms with Crippen LogP contribution in [0.5, 0.6) is 0 Å². The van der Waals surface area contributed by atoms with Crippen molar-refractivity contribution in [2.75, 3.05) is 25.6 Å². The number of anilines is 1. The molecule has 2 aliphatic heterocycles. The summed E-state index contributed by atoms with van der Waals surface area (Å²) in [5, 5.41) is 34.9. The number of rotatable bonds is 4. The van der Waals surface area contributed by atoms with Crippen LogP contribution in [-0.2, 0) is 24.5 Å². The van der Waals surface area contributed by atoms with Crippen LogP contribution in [0.1, 0.15) is 12.1 Å². The summed E-state index contributed by atoms with van der Waals surface area (Å²) in [7, 11) is 0. The average Bonchev–Trinajstić information content (AvgIpc) is 3.42. The van der Waals surface area contributed by atoms with Crippen LogP contribution in [0.3, 0.4) is 0 Å². The number of aliphatic hydroxyl groups excluding tert-OH is 2. The van der Waals surface area contributed by atoms with E-state index in [4.69, 9.17) is 24.7 Å². The molecule has 4 heterocycles. The van der Waals surface area contributed by atoms with Crippen LogP contribution in [0.25, 0.3) is 5.52 Å². The van der Waals surface area contributed by atoms with E-state index in [1.54, 1.807) is 6.07 Å². The van der Waals surface area contributed by atoms with Crippen molar-refractivity contribution in [3.63, 3.8) is 0 Å². The van der Waals surface area contributed by atoms with Crippen molar-refractivity contribution in [3.05, 3.63) is 24.2 Å². The highest BCUT2D eigenvalue weighted by Gasteiger charge is 2.57. The molecule has 0 spiro atoms. The van der Waals surface area contributed by atoms with Gasteiger partial charge in [-0.1, -0.05) is 0 Å². The molecule has 4 rings (SSSR count). The number of carbonyl (C=O) groups is 1. The SMILES string of the molecule is N#C[C@@]1(c2ccc3c(N)ncnn23)O[C@H](COC(=O)OC2CCOC2)[C@@H](O)[C@H]1O. The Morgan fingerprint density at radius 1 is 1.48 bits per heavy atom. The van der Waals surface area contributed by atoms with Gasteiger partial charge in [0.1, 0.15) is 48.9 Å². The number of aromatic nitrogens is 3. The number of nitrogen functional groups attached to an aromatic ring is 1. The molecule has 0 aromatic carbocycles. The van der Waals surface area contributed by atoms with Gasteiger partial charge in [0.05, 0.1) is 18.9 Å². The molecule has 12 nitrogen and oxygen atoms in total. The number of aliphatic hydroxyl groups is 2. The second-order valence-electron chi connectivity index (χ2n) is 6.76. The fourth-order valence-corrected chi connectivity index (χ4v) is 3.48. The van der Waals surface area contributed by atoms with Crippen LogP contribution in [0.4, 0.5) is 10.6 Å². The molecule has 12 heteroatoms. The van der Waals surface area contributed by atoms with Crippen molar-refractivity contribution in [1.29, 1.82) is 5.26 Å². The van der Waals surface area contributed by atoms with Gasteiger partial charge in [0.25, 0.3) is 0 Å². The van der Waals surface area contributed by atoms with Crippen molar-refractivity contribution >= 4 is 17.5 Å². The summed E-state index contributed by atoms with van der Waals surface area (Å²) < 4.78 is 22.2. The first kappa shape index (κ1) is 19.3. The molecule has 0 bridgehead atoms. The van der Waals surface area contributed by atoms with Gasteiger partial charge in [0.15, 0.2) is 5.82 Å². The molecule has 2 aromatic rings. The van der Waals surface area contributed by atoms with E-state index >= 15 is 0 Å². The summed E-state index contributed by atoms with van der Waals surface area (Å²) in [6.07, 6.45) is -3.87. The lowest BCUT2D eigenvalue weighted by molar-refractivity contribution is -0.0748. The minimum absolute atomic E-state index is 0.156. The highest BCUT2D eigenvalue weighted by Crippen LogP contribution is 2.40. The number of carbonyl (C=O) groups excluding carboxylic acids is 1. The van der Waals surface area contributed by atoms with Crippen LogP contribution in [0.15, 0.2) is 18.5 Å². The molecule has 154 valence electrons. The van der Waals surface area contributed by atoms with E-state index in [1.165, 1.54) is 16.9 Å². The van der Waals surface area contributed by atoms with Crippen LogP contribution in [0.2, 0.25) is 0 Å². The summed E-state index contributed by atoms with van der Waals surface area (Å²) in [5.74, 6) is 0.172. The minimum atomic E-state index is -1.95. The molecule has 29 heavy (non-hydrogen) atoms. The molecule has 1 unspecified atom stereocenters. The van der Waals surface area contributed by atoms with Gasteiger partial charge in [-0.05, 0) is 12.1 Å². The maximum atomic E-state index is 11.8. The molecule has 5 atom stereocenters. The first-order valence-electron chi connectivity index (χ1n) is 8.91. The lowest BCUT2D eigenvalue weighted by atomic mass is 9.92. The Labute approximate surface area is 164 Å².